The fourth-order valence-electron chi connectivity index (χ4n) is 3.07. The second-order valence-corrected chi connectivity index (χ2v) is 7.51. The zero-order valence-electron chi connectivity index (χ0n) is 17.2. The van der Waals surface area contributed by atoms with Crippen molar-refractivity contribution in [3.05, 3.63) is 65.1 Å². The number of carbonyl (C=O) groups is 1. The summed E-state index contributed by atoms with van der Waals surface area (Å²) in [4.78, 5) is 21.6. The van der Waals surface area contributed by atoms with Crippen molar-refractivity contribution < 1.29 is 14.4 Å². The Kier molecular flexibility index (Phi) is 8.93. The third-order valence-corrected chi connectivity index (χ3v) is 4.89. The smallest absolute Gasteiger partial charge is 0.257 e. The number of hydroxylamine groups is 2. The molecule has 156 valence electrons. The number of ether oxygens (including phenoxy) is 1. The summed E-state index contributed by atoms with van der Waals surface area (Å²) < 4.78 is 6.11. The molecule has 1 amide bonds. The number of nitrogens with zero attached hydrogens (tertiary/aromatic N) is 4. The molecule has 1 heterocycles. The van der Waals surface area contributed by atoms with E-state index in [4.69, 9.17) is 15.1 Å². The van der Waals surface area contributed by atoms with Gasteiger partial charge >= 0.3 is 0 Å². The summed E-state index contributed by atoms with van der Waals surface area (Å²) in [5, 5.41) is 4.82. The number of hydrogen-bond donors (Lipinski definition) is 0. The quantitative estimate of drug-likeness (QED) is 0.167. The lowest BCUT2D eigenvalue weighted by molar-refractivity contribution is -0.275. The Morgan fingerprint density at radius 3 is 2.69 bits per heavy atom. The Balaban J connectivity index is 1.91. The number of benzene rings is 1. The highest BCUT2D eigenvalue weighted by molar-refractivity contribution is 5.83. The number of rotatable bonds is 11. The summed E-state index contributed by atoms with van der Waals surface area (Å²) in [5.41, 5.74) is 8.54. The third-order valence-electron chi connectivity index (χ3n) is 4.89. The molecule has 0 radical (unpaired) electrons. The first-order valence-corrected chi connectivity index (χ1v) is 9.99. The molecule has 0 bridgehead atoms. The lowest BCUT2D eigenvalue weighted by Gasteiger charge is -2.44. The molecular formula is C22H30N4O3. The summed E-state index contributed by atoms with van der Waals surface area (Å²) >= 11 is 0. The molecule has 0 spiro atoms. The van der Waals surface area contributed by atoms with Crippen LogP contribution < -0.4 is 0 Å². The first-order valence-electron chi connectivity index (χ1n) is 9.99. The molecule has 0 aliphatic carbocycles. The van der Waals surface area contributed by atoms with Crippen molar-refractivity contribution in [3.63, 3.8) is 0 Å². The second-order valence-electron chi connectivity index (χ2n) is 7.51. The molecule has 1 aromatic rings. The molecular weight excluding hydrogens is 368 g/mol. The van der Waals surface area contributed by atoms with Crippen LogP contribution in [0.5, 0.6) is 0 Å². The zero-order valence-corrected chi connectivity index (χ0v) is 17.2. The number of amides is 1. The Hall–Kier alpha value is -2.60. The van der Waals surface area contributed by atoms with Gasteiger partial charge in [0.1, 0.15) is 0 Å². The van der Waals surface area contributed by atoms with Crippen molar-refractivity contribution >= 4 is 12.0 Å². The molecule has 29 heavy (non-hydrogen) atoms. The van der Waals surface area contributed by atoms with Gasteiger partial charge in [-0.2, -0.15) is 5.06 Å². The molecule has 2 rings (SSSR count). The van der Waals surface area contributed by atoms with Crippen LogP contribution in [0.2, 0.25) is 0 Å². The van der Waals surface area contributed by atoms with E-state index in [0.29, 0.717) is 13.2 Å². The van der Waals surface area contributed by atoms with Gasteiger partial charge in [0.2, 0.25) is 0 Å². The van der Waals surface area contributed by atoms with Gasteiger partial charge in [0, 0.05) is 11.5 Å². The molecule has 1 fully saturated rings. The van der Waals surface area contributed by atoms with Crippen LogP contribution >= 0.6 is 0 Å². The number of unbranched alkanes of at least 4 members (excludes halogenated alkanes) is 3. The molecule has 0 aromatic heterocycles. The van der Waals surface area contributed by atoms with E-state index in [-0.39, 0.29) is 5.91 Å². The average molecular weight is 399 g/mol. The molecule has 2 atom stereocenters. The van der Waals surface area contributed by atoms with Crippen molar-refractivity contribution in [1.82, 2.24) is 5.06 Å². The summed E-state index contributed by atoms with van der Waals surface area (Å²) in [6.45, 7) is 8.45. The maximum absolute atomic E-state index is 13.1. The largest absolute Gasteiger partial charge is 0.344 e. The van der Waals surface area contributed by atoms with Crippen molar-refractivity contribution in [1.29, 1.82) is 0 Å². The fraction of sp³-hybridized carbons (Fsp3) is 0.500. The molecule has 7 nitrogen and oxygen atoms in total. The highest BCUT2D eigenvalue weighted by atomic mass is 16.7. The Morgan fingerprint density at radius 2 is 2.00 bits per heavy atom. The van der Waals surface area contributed by atoms with Gasteiger partial charge in [-0.25, -0.2) is 0 Å². The standard InChI is InChI=1S/C22H30N4O3/c1-4-20-26(28-17-11-6-5-10-16-24-25-23)21(27)22(2,3)19(29-20)15-14-18-12-8-7-9-13-18/h4,7-9,12-15,19-20H,1,5-6,10-11,16-17H2,2-3H3/b15-14+. The van der Waals surface area contributed by atoms with Crippen LogP contribution in [0, 0.1) is 5.41 Å². The number of hydrogen-bond acceptors (Lipinski definition) is 4. The fourth-order valence-corrected chi connectivity index (χ4v) is 3.07. The highest BCUT2D eigenvalue weighted by Crippen LogP contribution is 2.35. The van der Waals surface area contributed by atoms with E-state index in [2.05, 4.69) is 16.6 Å². The van der Waals surface area contributed by atoms with Crippen molar-refractivity contribution in [2.45, 2.75) is 51.9 Å². The Labute approximate surface area is 172 Å². The van der Waals surface area contributed by atoms with Gasteiger partial charge in [-0.05, 0) is 43.9 Å². The van der Waals surface area contributed by atoms with Crippen molar-refractivity contribution in [2.24, 2.45) is 10.5 Å². The van der Waals surface area contributed by atoms with Gasteiger partial charge in [-0.3, -0.25) is 9.63 Å². The SMILES string of the molecule is C=CC1OC(/C=C/c2ccccc2)C(C)(C)C(=O)N1OCCCCCCN=[N+]=[N-]. The topological polar surface area (TPSA) is 87.5 Å². The van der Waals surface area contributed by atoms with Crippen molar-refractivity contribution in [3.8, 4) is 0 Å². The van der Waals surface area contributed by atoms with Crippen LogP contribution in [-0.2, 0) is 14.4 Å². The van der Waals surface area contributed by atoms with E-state index in [1.165, 1.54) is 5.06 Å². The van der Waals surface area contributed by atoms with Gasteiger partial charge < -0.3 is 4.74 Å². The summed E-state index contributed by atoms with van der Waals surface area (Å²) in [6, 6.07) is 9.90. The number of carbonyl (C=O) groups excluding carboxylic acids is 1. The summed E-state index contributed by atoms with van der Waals surface area (Å²) in [5.74, 6) is -0.125. The molecule has 7 heteroatoms. The zero-order chi connectivity index (χ0) is 21.1. The molecule has 1 aliphatic heterocycles. The number of azide groups is 1. The maximum atomic E-state index is 13.1. The Bertz CT molecular complexity index is 742. The summed E-state index contributed by atoms with van der Waals surface area (Å²) in [7, 11) is 0. The van der Waals surface area contributed by atoms with E-state index in [0.717, 1.165) is 31.2 Å². The van der Waals surface area contributed by atoms with E-state index in [9.17, 15) is 4.79 Å². The van der Waals surface area contributed by atoms with Gasteiger partial charge in [-0.1, -0.05) is 67.0 Å². The molecule has 1 aliphatic rings. The predicted molar refractivity (Wildman–Crippen MR) is 113 cm³/mol. The predicted octanol–water partition coefficient (Wildman–Crippen LogP) is 5.27. The molecule has 2 unspecified atom stereocenters. The van der Waals surface area contributed by atoms with Crippen LogP contribution in [0.15, 0.2) is 54.2 Å². The van der Waals surface area contributed by atoms with Crippen LogP contribution in [0.4, 0.5) is 0 Å². The second kappa shape index (κ2) is 11.4. The first kappa shape index (κ1) is 22.7. The normalized spacial score (nSPS) is 21.2. The van der Waals surface area contributed by atoms with Gasteiger partial charge in [-0.15, -0.1) is 0 Å². The highest BCUT2D eigenvalue weighted by Gasteiger charge is 2.47. The molecule has 1 saturated heterocycles. The van der Waals surface area contributed by atoms with Gasteiger partial charge in [0.25, 0.3) is 5.91 Å². The van der Waals surface area contributed by atoms with E-state index in [1.54, 1.807) is 6.08 Å². The van der Waals surface area contributed by atoms with Gasteiger partial charge in [0.05, 0.1) is 18.1 Å². The van der Waals surface area contributed by atoms with E-state index < -0.39 is 17.7 Å². The third kappa shape index (κ3) is 6.46. The molecule has 1 aromatic carbocycles. The van der Waals surface area contributed by atoms with Crippen LogP contribution in [0.25, 0.3) is 16.5 Å². The van der Waals surface area contributed by atoms with Crippen LogP contribution in [0.1, 0.15) is 45.1 Å². The Morgan fingerprint density at radius 1 is 1.28 bits per heavy atom. The minimum atomic E-state index is -0.764. The monoisotopic (exact) mass is 398 g/mol. The molecule has 0 N–H and O–H groups in total. The van der Waals surface area contributed by atoms with E-state index >= 15 is 0 Å². The minimum absolute atomic E-state index is 0.125. The first-order chi connectivity index (χ1) is 14.0. The summed E-state index contributed by atoms with van der Waals surface area (Å²) in [6.07, 6.45) is 8.00. The lowest BCUT2D eigenvalue weighted by atomic mass is 9.83. The van der Waals surface area contributed by atoms with Crippen LogP contribution in [-0.4, -0.2) is 36.5 Å². The van der Waals surface area contributed by atoms with Crippen LogP contribution in [0.3, 0.4) is 0 Å². The average Bonchev–Trinajstić information content (AvgIpc) is 2.73. The lowest BCUT2D eigenvalue weighted by Crippen LogP contribution is -2.58. The molecule has 0 saturated carbocycles. The minimum Gasteiger partial charge on any atom is -0.344 e. The van der Waals surface area contributed by atoms with E-state index in [1.807, 2.05) is 56.3 Å². The van der Waals surface area contributed by atoms with Gasteiger partial charge in [0.15, 0.2) is 6.23 Å². The van der Waals surface area contributed by atoms with Crippen molar-refractivity contribution in [2.75, 3.05) is 13.2 Å². The maximum Gasteiger partial charge on any atom is 0.257 e.